The molecule has 0 saturated carbocycles. The summed E-state index contributed by atoms with van der Waals surface area (Å²) in [5, 5.41) is 0. The summed E-state index contributed by atoms with van der Waals surface area (Å²) < 4.78 is 16.8. The van der Waals surface area contributed by atoms with Gasteiger partial charge in [-0.05, 0) is 44.9 Å². The molecule has 0 aliphatic heterocycles. The van der Waals surface area contributed by atoms with Crippen LogP contribution in [-0.2, 0) is 28.6 Å². The van der Waals surface area contributed by atoms with Crippen molar-refractivity contribution < 1.29 is 28.6 Å². The Morgan fingerprint density at radius 3 is 0.833 bits per heavy atom. The highest BCUT2D eigenvalue weighted by Crippen LogP contribution is 2.16. The zero-order chi connectivity index (χ0) is 43.7. The van der Waals surface area contributed by atoms with Crippen molar-refractivity contribution >= 4 is 17.9 Å². The predicted molar refractivity (Wildman–Crippen MR) is 256 cm³/mol. The Kier molecular flexibility index (Phi) is 48.3. The number of esters is 3. The molecule has 0 aromatic heterocycles. The molecule has 0 aromatic carbocycles. The lowest BCUT2D eigenvalue weighted by molar-refractivity contribution is -0.167. The maximum atomic E-state index is 12.7. The van der Waals surface area contributed by atoms with Crippen LogP contribution in [0.25, 0.3) is 0 Å². The van der Waals surface area contributed by atoms with E-state index in [2.05, 4.69) is 32.9 Å². The van der Waals surface area contributed by atoms with E-state index in [1.165, 1.54) is 199 Å². The van der Waals surface area contributed by atoms with Crippen LogP contribution in [0.5, 0.6) is 0 Å². The maximum absolute atomic E-state index is 12.7. The van der Waals surface area contributed by atoms with Crippen molar-refractivity contribution in [2.45, 2.75) is 303 Å². The molecule has 0 amide bonds. The van der Waals surface area contributed by atoms with Crippen LogP contribution in [0.3, 0.4) is 0 Å². The fraction of sp³-hybridized carbons (Fsp3) is 0.907. The molecule has 0 bridgehead atoms. The summed E-state index contributed by atoms with van der Waals surface area (Å²) >= 11 is 0. The second-order valence-corrected chi connectivity index (χ2v) is 18.2. The number of unbranched alkanes of at least 4 members (excludes halogenated alkanes) is 36. The first-order chi connectivity index (χ1) is 29.5. The average molecular weight is 847 g/mol. The summed E-state index contributed by atoms with van der Waals surface area (Å²) in [6.07, 6.45) is 54.9. The van der Waals surface area contributed by atoms with E-state index in [1.807, 2.05) is 0 Å². The number of allylic oxidation sites excluding steroid dienone is 2. The van der Waals surface area contributed by atoms with Crippen molar-refractivity contribution in [2.75, 3.05) is 13.2 Å². The SMILES string of the molecule is CCCCCCCCCC/C=C\CCCCCCCCCCCC(=O)OCC(COC(=O)CCCCCCCCCCCC)OC(=O)CCCCCCCCCCCCC. The quantitative estimate of drug-likeness (QED) is 0.0263. The zero-order valence-corrected chi connectivity index (χ0v) is 40.5. The summed E-state index contributed by atoms with van der Waals surface area (Å²) in [6, 6.07) is 0. The van der Waals surface area contributed by atoms with Gasteiger partial charge in [0.15, 0.2) is 6.10 Å². The topological polar surface area (TPSA) is 78.9 Å². The maximum Gasteiger partial charge on any atom is 0.306 e. The van der Waals surface area contributed by atoms with Crippen LogP contribution in [0.2, 0.25) is 0 Å². The number of carbonyl (C=O) groups is 3. The minimum absolute atomic E-state index is 0.0655. The van der Waals surface area contributed by atoms with Gasteiger partial charge in [0.2, 0.25) is 0 Å². The predicted octanol–water partition coefficient (Wildman–Crippen LogP) is 17.4. The van der Waals surface area contributed by atoms with Gasteiger partial charge < -0.3 is 14.2 Å². The summed E-state index contributed by atoms with van der Waals surface area (Å²) in [6.45, 7) is 6.65. The Hall–Kier alpha value is -1.85. The fourth-order valence-corrected chi connectivity index (χ4v) is 7.97. The second-order valence-electron chi connectivity index (χ2n) is 18.2. The Labute approximate surface area is 373 Å². The van der Waals surface area contributed by atoms with Gasteiger partial charge in [0.05, 0.1) is 0 Å². The standard InChI is InChI=1S/C54H102O6/c1-4-7-10-13-16-19-22-23-24-25-26-27-28-29-30-31-33-35-38-41-44-47-53(56)59-50-51(49-58-52(55)46-43-40-37-34-21-18-15-12-9-6-3)60-54(57)48-45-42-39-36-32-20-17-14-11-8-5-2/h25-26,51H,4-24,27-50H2,1-3H3/b26-25-. The minimum atomic E-state index is -0.762. The Morgan fingerprint density at radius 1 is 0.317 bits per heavy atom. The van der Waals surface area contributed by atoms with Crippen molar-refractivity contribution in [3.63, 3.8) is 0 Å². The highest BCUT2D eigenvalue weighted by atomic mass is 16.6. The molecule has 0 N–H and O–H groups in total. The van der Waals surface area contributed by atoms with Gasteiger partial charge in [-0.1, -0.05) is 245 Å². The summed E-state index contributed by atoms with van der Waals surface area (Å²) in [5.74, 6) is -0.854. The minimum Gasteiger partial charge on any atom is -0.462 e. The van der Waals surface area contributed by atoms with Crippen molar-refractivity contribution in [1.82, 2.24) is 0 Å². The van der Waals surface area contributed by atoms with Crippen LogP contribution in [-0.4, -0.2) is 37.2 Å². The van der Waals surface area contributed by atoms with Crippen molar-refractivity contribution in [2.24, 2.45) is 0 Å². The molecule has 6 heteroatoms. The molecule has 0 aliphatic carbocycles. The van der Waals surface area contributed by atoms with E-state index in [0.29, 0.717) is 19.3 Å². The molecule has 0 fully saturated rings. The van der Waals surface area contributed by atoms with Crippen LogP contribution in [0.15, 0.2) is 12.2 Å². The lowest BCUT2D eigenvalue weighted by Crippen LogP contribution is -2.30. The van der Waals surface area contributed by atoms with Gasteiger partial charge in [0, 0.05) is 19.3 Å². The molecular formula is C54H102O6. The highest BCUT2D eigenvalue weighted by Gasteiger charge is 2.19. The van der Waals surface area contributed by atoms with Crippen LogP contribution in [0.4, 0.5) is 0 Å². The molecule has 0 rings (SSSR count). The molecular weight excluding hydrogens is 745 g/mol. The highest BCUT2D eigenvalue weighted by molar-refractivity contribution is 5.71. The number of rotatable bonds is 49. The Morgan fingerprint density at radius 2 is 0.550 bits per heavy atom. The molecule has 1 atom stereocenters. The van der Waals surface area contributed by atoms with E-state index in [1.54, 1.807) is 0 Å². The van der Waals surface area contributed by atoms with E-state index >= 15 is 0 Å². The van der Waals surface area contributed by atoms with Gasteiger partial charge in [-0.2, -0.15) is 0 Å². The zero-order valence-electron chi connectivity index (χ0n) is 40.5. The fourth-order valence-electron chi connectivity index (χ4n) is 7.97. The van der Waals surface area contributed by atoms with E-state index in [9.17, 15) is 14.4 Å². The monoisotopic (exact) mass is 847 g/mol. The lowest BCUT2D eigenvalue weighted by Gasteiger charge is -2.18. The van der Waals surface area contributed by atoms with Crippen molar-refractivity contribution in [3.05, 3.63) is 12.2 Å². The van der Waals surface area contributed by atoms with Crippen LogP contribution in [0.1, 0.15) is 297 Å². The third-order valence-corrected chi connectivity index (χ3v) is 12.0. The smallest absolute Gasteiger partial charge is 0.306 e. The number of hydrogen-bond acceptors (Lipinski definition) is 6. The van der Waals surface area contributed by atoms with Crippen LogP contribution in [0, 0.1) is 0 Å². The van der Waals surface area contributed by atoms with E-state index in [-0.39, 0.29) is 31.1 Å². The molecule has 60 heavy (non-hydrogen) atoms. The normalized spacial score (nSPS) is 12.0. The molecule has 0 aliphatic rings. The summed E-state index contributed by atoms with van der Waals surface area (Å²) in [4.78, 5) is 37.9. The molecule has 1 unspecified atom stereocenters. The number of ether oxygens (including phenoxy) is 3. The van der Waals surface area contributed by atoms with Gasteiger partial charge in [-0.15, -0.1) is 0 Å². The molecule has 0 spiro atoms. The van der Waals surface area contributed by atoms with Gasteiger partial charge in [-0.3, -0.25) is 14.4 Å². The molecule has 0 aromatic rings. The first kappa shape index (κ1) is 58.1. The van der Waals surface area contributed by atoms with E-state index < -0.39 is 6.10 Å². The molecule has 0 heterocycles. The second kappa shape index (κ2) is 49.8. The van der Waals surface area contributed by atoms with E-state index in [4.69, 9.17) is 14.2 Å². The Balaban J connectivity index is 4.20. The first-order valence-corrected chi connectivity index (χ1v) is 26.7. The molecule has 354 valence electrons. The third-order valence-electron chi connectivity index (χ3n) is 12.0. The summed E-state index contributed by atoms with van der Waals surface area (Å²) in [7, 11) is 0. The van der Waals surface area contributed by atoms with Gasteiger partial charge >= 0.3 is 17.9 Å². The summed E-state index contributed by atoms with van der Waals surface area (Å²) in [5.41, 5.74) is 0. The molecule has 6 nitrogen and oxygen atoms in total. The van der Waals surface area contributed by atoms with Crippen LogP contribution < -0.4 is 0 Å². The van der Waals surface area contributed by atoms with E-state index in [0.717, 1.165) is 57.8 Å². The van der Waals surface area contributed by atoms with Gasteiger partial charge in [-0.25, -0.2) is 0 Å². The van der Waals surface area contributed by atoms with Crippen molar-refractivity contribution in [1.29, 1.82) is 0 Å². The Bertz CT molecular complexity index is 931. The lowest BCUT2D eigenvalue weighted by atomic mass is 10.1. The van der Waals surface area contributed by atoms with Gasteiger partial charge in [0.25, 0.3) is 0 Å². The first-order valence-electron chi connectivity index (χ1n) is 26.7. The molecule has 0 saturated heterocycles. The molecule has 0 radical (unpaired) electrons. The largest absolute Gasteiger partial charge is 0.462 e. The van der Waals surface area contributed by atoms with Crippen LogP contribution >= 0.6 is 0 Å². The number of hydrogen-bond donors (Lipinski definition) is 0. The van der Waals surface area contributed by atoms with Gasteiger partial charge in [0.1, 0.15) is 13.2 Å². The average Bonchev–Trinajstić information content (AvgIpc) is 3.24. The van der Waals surface area contributed by atoms with Crippen molar-refractivity contribution in [3.8, 4) is 0 Å². The third kappa shape index (κ3) is 47.2. The number of carbonyl (C=O) groups excluding carboxylic acids is 3.